The monoisotopic (exact) mass is 276 g/mol. The van der Waals surface area contributed by atoms with Crippen LogP contribution in [0.5, 0.6) is 11.5 Å². The number of aliphatic hydroxyl groups excluding tert-OH is 1. The molecule has 0 radical (unpaired) electrons. The van der Waals surface area contributed by atoms with Gasteiger partial charge in [0.1, 0.15) is 17.3 Å². The molecule has 3 nitrogen and oxygen atoms in total. The average molecular weight is 276 g/mol. The van der Waals surface area contributed by atoms with Crippen molar-refractivity contribution in [2.75, 3.05) is 13.7 Å². The van der Waals surface area contributed by atoms with Gasteiger partial charge in [0.2, 0.25) is 0 Å². The first-order valence-corrected chi connectivity index (χ1v) is 6.37. The molecule has 0 heterocycles. The average Bonchev–Trinajstić information content (AvgIpc) is 2.46. The Morgan fingerprint density at radius 1 is 1.00 bits per heavy atom. The van der Waals surface area contributed by atoms with Crippen LogP contribution < -0.4 is 4.74 Å². The number of hydrogen-bond donors (Lipinski definition) is 1. The van der Waals surface area contributed by atoms with Gasteiger partial charge in [-0.2, -0.15) is 0 Å². The lowest BCUT2D eigenvalue weighted by Crippen LogP contribution is -1.94. The molecule has 0 aliphatic heterocycles. The Bertz CT molecular complexity index is 552. The fourth-order valence-corrected chi connectivity index (χ4v) is 1.85. The third kappa shape index (κ3) is 4.05. The molecular formula is C16H17FO3. The summed E-state index contributed by atoms with van der Waals surface area (Å²) >= 11 is 0. The molecule has 0 unspecified atom stereocenters. The van der Waals surface area contributed by atoms with Crippen molar-refractivity contribution < 1.29 is 19.0 Å². The second kappa shape index (κ2) is 7.03. The Hall–Kier alpha value is -1.91. The normalized spacial score (nSPS) is 10.6. The zero-order valence-corrected chi connectivity index (χ0v) is 11.3. The maximum absolute atomic E-state index is 13.3. The van der Waals surface area contributed by atoms with Gasteiger partial charge in [-0.1, -0.05) is 12.1 Å². The van der Waals surface area contributed by atoms with Crippen LogP contribution in [-0.4, -0.2) is 18.8 Å². The van der Waals surface area contributed by atoms with E-state index < -0.39 is 5.82 Å². The second-order valence-electron chi connectivity index (χ2n) is 4.44. The molecule has 0 atom stereocenters. The number of benzene rings is 2. The van der Waals surface area contributed by atoms with Crippen LogP contribution in [0.2, 0.25) is 0 Å². The van der Waals surface area contributed by atoms with E-state index in [1.54, 1.807) is 13.2 Å². The lowest BCUT2D eigenvalue weighted by Gasteiger charge is -2.08. The summed E-state index contributed by atoms with van der Waals surface area (Å²) in [7, 11) is 1.67. The van der Waals surface area contributed by atoms with Gasteiger partial charge < -0.3 is 14.6 Å². The molecule has 0 saturated heterocycles. The zero-order chi connectivity index (χ0) is 14.4. The SMILES string of the molecule is COCCc1ccc(Oc2cc(F)cc(CO)c2)cc1. The van der Waals surface area contributed by atoms with Gasteiger partial charge in [-0.05, 0) is 41.8 Å². The van der Waals surface area contributed by atoms with Crippen molar-refractivity contribution in [3.05, 3.63) is 59.4 Å². The summed E-state index contributed by atoms with van der Waals surface area (Å²) in [6.45, 7) is 0.452. The van der Waals surface area contributed by atoms with E-state index in [4.69, 9.17) is 14.6 Å². The molecule has 0 bridgehead atoms. The summed E-state index contributed by atoms with van der Waals surface area (Å²) in [5, 5.41) is 9.04. The van der Waals surface area contributed by atoms with Crippen molar-refractivity contribution in [3.8, 4) is 11.5 Å². The number of halogens is 1. The van der Waals surface area contributed by atoms with E-state index >= 15 is 0 Å². The lowest BCUT2D eigenvalue weighted by molar-refractivity contribution is 0.202. The van der Waals surface area contributed by atoms with Gasteiger partial charge in [-0.25, -0.2) is 4.39 Å². The predicted molar refractivity (Wildman–Crippen MR) is 74.4 cm³/mol. The van der Waals surface area contributed by atoms with Crippen LogP contribution in [0, 0.1) is 5.82 Å². The highest BCUT2D eigenvalue weighted by atomic mass is 19.1. The maximum Gasteiger partial charge on any atom is 0.130 e. The van der Waals surface area contributed by atoms with E-state index in [0.717, 1.165) is 12.0 Å². The van der Waals surface area contributed by atoms with E-state index in [1.165, 1.54) is 12.1 Å². The Labute approximate surface area is 117 Å². The lowest BCUT2D eigenvalue weighted by atomic mass is 10.1. The summed E-state index contributed by atoms with van der Waals surface area (Å²) < 4.78 is 23.9. The third-order valence-corrected chi connectivity index (χ3v) is 2.87. The van der Waals surface area contributed by atoms with Crippen molar-refractivity contribution in [3.63, 3.8) is 0 Å². The first-order chi connectivity index (χ1) is 9.71. The van der Waals surface area contributed by atoms with Crippen LogP contribution >= 0.6 is 0 Å². The minimum absolute atomic E-state index is 0.218. The highest BCUT2D eigenvalue weighted by Gasteiger charge is 2.03. The topological polar surface area (TPSA) is 38.7 Å². The Morgan fingerprint density at radius 3 is 2.40 bits per heavy atom. The molecule has 0 amide bonds. The summed E-state index contributed by atoms with van der Waals surface area (Å²) in [4.78, 5) is 0. The van der Waals surface area contributed by atoms with Crippen LogP contribution in [-0.2, 0) is 17.8 Å². The molecule has 0 saturated carbocycles. The van der Waals surface area contributed by atoms with Gasteiger partial charge in [0.15, 0.2) is 0 Å². The third-order valence-electron chi connectivity index (χ3n) is 2.87. The van der Waals surface area contributed by atoms with Crippen LogP contribution in [0.1, 0.15) is 11.1 Å². The van der Waals surface area contributed by atoms with E-state index in [9.17, 15) is 4.39 Å². The Balaban J connectivity index is 2.07. The largest absolute Gasteiger partial charge is 0.457 e. The van der Waals surface area contributed by atoms with Gasteiger partial charge in [-0.3, -0.25) is 0 Å². The smallest absolute Gasteiger partial charge is 0.130 e. The maximum atomic E-state index is 13.3. The molecule has 0 aliphatic carbocycles. The summed E-state index contributed by atoms with van der Waals surface area (Å²) in [6, 6.07) is 11.7. The summed E-state index contributed by atoms with van der Waals surface area (Å²) in [5.41, 5.74) is 1.63. The van der Waals surface area contributed by atoms with Gasteiger partial charge in [0.05, 0.1) is 13.2 Å². The number of ether oxygens (including phenoxy) is 2. The first kappa shape index (κ1) is 14.5. The number of aliphatic hydroxyl groups is 1. The Morgan fingerprint density at radius 2 is 1.75 bits per heavy atom. The van der Waals surface area contributed by atoms with Crippen molar-refractivity contribution in [2.45, 2.75) is 13.0 Å². The molecule has 20 heavy (non-hydrogen) atoms. The summed E-state index contributed by atoms with van der Waals surface area (Å²) in [5.74, 6) is 0.572. The zero-order valence-electron chi connectivity index (χ0n) is 11.3. The molecule has 0 aliphatic rings. The molecule has 0 aromatic heterocycles. The van der Waals surface area contributed by atoms with Gasteiger partial charge >= 0.3 is 0 Å². The van der Waals surface area contributed by atoms with E-state index in [2.05, 4.69) is 0 Å². The van der Waals surface area contributed by atoms with E-state index in [0.29, 0.717) is 23.7 Å². The molecule has 2 aromatic rings. The molecule has 1 N–H and O–H groups in total. The minimum Gasteiger partial charge on any atom is -0.457 e. The number of rotatable bonds is 6. The quantitative estimate of drug-likeness (QED) is 0.879. The minimum atomic E-state index is -0.428. The molecule has 106 valence electrons. The molecule has 2 rings (SSSR count). The van der Waals surface area contributed by atoms with Crippen LogP contribution in [0.3, 0.4) is 0 Å². The van der Waals surface area contributed by atoms with E-state index in [1.807, 2.05) is 24.3 Å². The fraction of sp³-hybridized carbons (Fsp3) is 0.250. The number of methoxy groups -OCH3 is 1. The number of hydrogen-bond acceptors (Lipinski definition) is 3. The van der Waals surface area contributed by atoms with Crippen LogP contribution in [0.25, 0.3) is 0 Å². The molecule has 4 heteroatoms. The predicted octanol–water partition coefficient (Wildman–Crippen LogP) is 3.30. The van der Waals surface area contributed by atoms with Crippen molar-refractivity contribution in [1.29, 1.82) is 0 Å². The molecule has 2 aromatic carbocycles. The van der Waals surface area contributed by atoms with Gasteiger partial charge in [0.25, 0.3) is 0 Å². The van der Waals surface area contributed by atoms with Crippen molar-refractivity contribution in [2.24, 2.45) is 0 Å². The van der Waals surface area contributed by atoms with Crippen LogP contribution in [0.15, 0.2) is 42.5 Å². The van der Waals surface area contributed by atoms with Crippen molar-refractivity contribution in [1.82, 2.24) is 0 Å². The van der Waals surface area contributed by atoms with Crippen molar-refractivity contribution >= 4 is 0 Å². The fourth-order valence-electron chi connectivity index (χ4n) is 1.85. The summed E-state index contributed by atoms with van der Waals surface area (Å²) in [6.07, 6.45) is 0.839. The van der Waals surface area contributed by atoms with E-state index in [-0.39, 0.29) is 6.61 Å². The molecular weight excluding hydrogens is 259 g/mol. The van der Waals surface area contributed by atoms with Gasteiger partial charge in [-0.15, -0.1) is 0 Å². The standard InChI is InChI=1S/C16H17FO3/c1-19-7-6-12-2-4-15(5-3-12)20-16-9-13(11-18)8-14(17)10-16/h2-5,8-10,18H,6-7,11H2,1H3. The highest BCUT2D eigenvalue weighted by molar-refractivity contribution is 5.35. The Kier molecular flexibility index (Phi) is 5.09. The van der Waals surface area contributed by atoms with Crippen LogP contribution in [0.4, 0.5) is 4.39 Å². The second-order valence-corrected chi connectivity index (χ2v) is 4.44. The highest BCUT2D eigenvalue weighted by Crippen LogP contribution is 2.24. The molecule has 0 fully saturated rings. The van der Waals surface area contributed by atoms with Gasteiger partial charge in [0, 0.05) is 13.2 Å². The first-order valence-electron chi connectivity index (χ1n) is 6.37. The molecule has 0 spiro atoms.